The Morgan fingerprint density at radius 1 is 1.17 bits per heavy atom. The molecule has 0 radical (unpaired) electrons. The molecule has 0 aliphatic rings. The summed E-state index contributed by atoms with van der Waals surface area (Å²) in [7, 11) is 1.70. The van der Waals surface area contributed by atoms with E-state index in [1.807, 2.05) is 18.2 Å². The van der Waals surface area contributed by atoms with E-state index in [1.54, 1.807) is 7.11 Å². The second-order valence-corrected chi connectivity index (χ2v) is 4.27. The molecule has 0 saturated heterocycles. The van der Waals surface area contributed by atoms with Crippen LogP contribution in [-0.2, 0) is 6.54 Å². The molecule has 3 heteroatoms. The highest BCUT2D eigenvalue weighted by Gasteiger charge is 2.09. The second-order valence-electron chi connectivity index (χ2n) is 4.27. The normalized spacial score (nSPS) is 11.0. The number of fused-ring (bicyclic) bond motifs is 1. The molecule has 0 amide bonds. The fraction of sp³-hybridized carbons (Fsp3) is 0.200. The van der Waals surface area contributed by atoms with Crippen LogP contribution < -0.4 is 4.74 Å². The van der Waals surface area contributed by atoms with E-state index < -0.39 is 0 Å². The Morgan fingerprint density at radius 3 is 2.61 bits per heavy atom. The van der Waals surface area contributed by atoms with E-state index in [9.17, 15) is 0 Å². The van der Waals surface area contributed by atoms with Gasteiger partial charge < -0.3 is 13.9 Å². The monoisotopic (exact) mass is 240 g/mol. The molecular formula is C15H16N2O. The van der Waals surface area contributed by atoms with Crippen molar-refractivity contribution >= 4 is 10.9 Å². The van der Waals surface area contributed by atoms with Crippen LogP contribution in [0, 0.1) is 0 Å². The summed E-state index contributed by atoms with van der Waals surface area (Å²) in [6.07, 6.45) is 6.31. The number of benzene rings is 1. The molecule has 92 valence electrons. The zero-order valence-electron chi connectivity index (χ0n) is 10.6. The zero-order chi connectivity index (χ0) is 12.5. The third-order valence-corrected chi connectivity index (χ3v) is 3.29. The van der Waals surface area contributed by atoms with Crippen LogP contribution in [0.4, 0.5) is 0 Å². The Bertz CT molecular complexity index is 665. The SMILES string of the molecule is CCn1cc(-n2cccc2)c2cc(OC)ccc21. The van der Waals surface area contributed by atoms with Crippen molar-refractivity contribution in [1.82, 2.24) is 9.13 Å². The molecule has 0 aliphatic carbocycles. The minimum atomic E-state index is 0.893. The minimum Gasteiger partial charge on any atom is -0.497 e. The molecule has 2 heterocycles. The average molecular weight is 240 g/mol. The van der Waals surface area contributed by atoms with Gasteiger partial charge in [-0.25, -0.2) is 0 Å². The molecule has 0 spiro atoms. The highest BCUT2D eigenvalue weighted by molar-refractivity contribution is 5.90. The lowest BCUT2D eigenvalue weighted by Gasteiger charge is -2.03. The standard InChI is InChI=1S/C15H16N2O/c1-3-16-11-15(17-8-4-5-9-17)13-10-12(18-2)6-7-14(13)16/h4-11H,3H2,1-2H3. The summed E-state index contributed by atoms with van der Waals surface area (Å²) in [6, 6.07) is 10.3. The lowest BCUT2D eigenvalue weighted by molar-refractivity contribution is 0.415. The van der Waals surface area contributed by atoms with Crippen LogP contribution in [0.25, 0.3) is 16.6 Å². The highest BCUT2D eigenvalue weighted by atomic mass is 16.5. The van der Waals surface area contributed by atoms with Crippen molar-refractivity contribution in [3.63, 3.8) is 0 Å². The average Bonchev–Trinajstić information content (AvgIpc) is 3.04. The van der Waals surface area contributed by atoms with E-state index in [0.717, 1.165) is 12.3 Å². The van der Waals surface area contributed by atoms with Gasteiger partial charge in [0.15, 0.2) is 0 Å². The Balaban J connectivity index is 2.30. The van der Waals surface area contributed by atoms with Crippen LogP contribution >= 0.6 is 0 Å². The fourth-order valence-electron chi connectivity index (χ4n) is 2.35. The van der Waals surface area contributed by atoms with Crippen molar-refractivity contribution in [2.24, 2.45) is 0 Å². The Hall–Kier alpha value is -2.16. The third-order valence-electron chi connectivity index (χ3n) is 3.29. The molecule has 0 unspecified atom stereocenters. The lowest BCUT2D eigenvalue weighted by atomic mass is 10.2. The van der Waals surface area contributed by atoms with Crippen molar-refractivity contribution < 1.29 is 4.74 Å². The Kier molecular flexibility index (Phi) is 2.59. The van der Waals surface area contributed by atoms with Crippen LogP contribution in [0.15, 0.2) is 48.9 Å². The third kappa shape index (κ3) is 1.59. The number of aryl methyl sites for hydroxylation is 1. The van der Waals surface area contributed by atoms with Gasteiger partial charge >= 0.3 is 0 Å². The number of nitrogens with zero attached hydrogens (tertiary/aromatic N) is 2. The van der Waals surface area contributed by atoms with Crippen molar-refractivity contribution in [2.75, 3.05) is 7.11 Å². The van der Waals surface area contributed by atoms with E-state index in [2.05, 4.69) is 46.8 Å². The highest BCUT2D eigenvalue weighted by Crippen LogP contribution is 2.28. The summed E-state index contributed by atoms with van der Waals surface area (Å²) >= 11 is 0. The van der Waals surface area contributed by atoms with E-state index in [-0.39, 0.29) is 0 Å². The maximum atomic E-state index is 5.32. The quantitative estimate of drug-likeness (QED) is 0.686. The van der Waals surface area contributed by atoms with Crippen molar-refractivity contribution in [1.29, 1.82) is 0 Å². The summed E-state index contributed by atoms with van der Waals surface area (Å²) in [5.74, 6) is 0.893. The summed E-state index contributed by atoms with van der Waals surface area (Å²) in [6.45, 7) is 3.12. The first-order valence-corrected chi connectivity index (χ1v) is 6.13. The zero-order valence-corrected chi connectivity index (χ0v) is 10.6. The topological polar surface area (TPSA) is 19.1 Å². The first-order chi connectivity index (χ1) is 8.83. The van der Waals surface area contributed by atoms with Crippen LogP contribution in [0.1, 0.15) is 6.92 Å². The number of methoxy groups -OCH3 is 1. The molecular weight excluding hydrogens is 224 g/mol. The Labute approximate surface area is 106 Å². The van der Waals surface area contributed by atoms with E-state index in [0.29, 0.717) is 0 Å². The van der Waals surface area contributed by atoms with E-state index in [4.69, 9.17) is 4.74 Å². The van der Waals surface area contributed by atoms with Gasteiger partial charge in [-0.2, -0.15) is 0 Å². The van der Waals surface area contributed by atoms with Crippen molar-refractivity contribution in [2.45, 2.75) is 13.5 Å². The molecule has 0 atom stereocenters. The van der Waals surface area contributed by atoms with Crippen molar-refractivity contribution in [3.05, 3.63) is 48.9 Å². The van der Waals surface area contributed by atoms with Gasteiger partial charge in [-0.15, -0.1) is 0 Å². The molecule has 3 aromatic rings. The van der Waals surface area contributed by atoms with Crippen LogP contribution in [-0.4, -0.2) is 16.2 Å². The van der Waals surface area contributed by atoms with E-state index in [1.165, 1.54) is 16.6 Å². The predicted molar refractivity (Wildman–Crippen MR) is 73.5 cm³/mol. The van der Waals surface area contributed by atoms with Gasteiger partial charge in [0.25, 0.3) is 0 Å². The maximum absolute atomic E-state index is 5.32. The van der Waals surface area contributed by atoms with Crippen molar-refractivity contribution in [3.8, 4) is 11.4 Å². The number of rotatable bonds is 3. The number of hydrogen-bond acceptors (Lipinski definition) is 1. The summed E-state index contributed by atoms with van der Waals surface area (Å²) < 4.78 is 9.71. The van der Waals surface area contributed by atoms with Gasteiger partial charge in [-0.05, 0) is 37.3 Å². The molecule has 1 aromatic carbocycles. The summed E-state index contributed by atoms with van der Waals surface area (Å²) in [5.41, 5.74) is 2.43. The van der Waals surface area contributed by atoms with Gasteiger partial charge in [-0.1, -0.05) is 0 Å². The predicted octanol–water partition coefficient (Wildman–Crippen LogP) is 3.46. The van der Waals surface area contributed by atoms with Crippen LogP contribution in [0.5, 0.6) is 5.75 Å². The maximum Gasteiger partial charge on any atom is 0.119 e. The molecule has 3 nitrogen and oxygen atoms in total. The summed E-state index contributed by atoms with van der Waals surface area (Å²) in [5, 5.41) is 1.22. The molecule has 3 rings (SSSR count). The number of hydrogen-bond donors (Lipinski definition) is 0. The molecule has 0 N–H and O–H groups in total. The smallest absolute Gasteiger partial charge is 0.119 e. The van der Waals surface area contributed by atoms with Gasteiger partial charge in [0, 0.05) is 30.5 Å². The first-order valence-electron chi connectivity index (χ1n) is 6.13. The van der Waals surface area contributed by atoms with Crippen LogP contribution in [0.2, 0.25) is 0 Å². The van der Waals surface area contributed by atoms with Gasteiger partial charge in [0.05, 0.1) is 18.3 Å². The molecule has 2 aromatic heterocycles. The molecule has 0 bridgehead atoms. The summed E-state index contributed by atoms with van der Waals surface area (Å²) in [4.78, 5) is 0. The molecule has 0 saturated carbocycles. The fourth-order valence-corrected chi connectivity index (χ4v) is 2.35. The second kappa shape index (κ2) is 4.26. The minimum absolute atomic E-state index is 0.893. The molecule has 18 heavy (non-hydrogen) atoms. The first kappa shape index (κ1) is 11.0. The van der Waals surface area contributed by atoms with Gasteiger partial charge in [-0.3, -0.25) is 0 Å². The lowest BCUT2D eigenvalue weighted by Crippen LogP contribution is -1.91. The Morgan fingerprint density at radius 2 is 1.94 bits per heavy atom. The number of ether oxygens (including phenoxy) is 1. The van der Waals surface area contributed by atoms with Crippen LogP contribution in [0.3, 0.4) is 0 Å². The molecule has 0 aliphatic heterocycles. The van der Waals surface area contributed by atoms with Gasteiger partial charge in [0.1, 0.15) is 5.75 Å². The van der Waals surface area contributed by atoms with E-state index >= 15 is 0 Å². The largest absolute Gasteiger partial charge is 0.497 e. The number of aromatic nitrogens is 2. The molecule has 0 fully saturated rings. The van der Waals surface area contributed by atoms with Gasteiger partial charge in [0.2, 0.25) is 0 Å².